The van der Waals surface area contributed by atoms with E-state index in [4.69, 9.17) is 22.4 Å². The lowest BCUT2D eigenvalue weighted by Gasteiger charge is -2.29. The van der Waals surface area contributed by atoms with Gasteiger partial charge in [-0.15, -0.1) is 0 Å². The minimum atomic E-state index is -3.24. The number of likely N-dealkylation sites (N-methyl/N-ethyl adjacent to an activating group) is 2. The van der Waals surface area contributed by atoms with Crippen molar-refractivity contribution in [3.63, 3.8) is 0 Å². The molecule has 0 aromatic carbocycles. The summed E-state index contributed by atoms with van der Waals surface area (Å²) in [5.41, 5.74) is 0. The summed E-state index contributed by atoms with van der Waals surface area (Å²) in [6.07, 6.45) is 6.37. The molecular weight excluding hydrogens is 420 g/mol. The van der Waals surface area contributed by atoms with Crippen molar-refractivity contribution in [2.24, 2.45) is 0 Å². The zero-order valence-corrected chi connectivity index (χ0v) is 22.3. The monoisotopic (exact) mass is 468 g/mol. The molecule has 0 aliphatic rings. The van der Waals surface area contributed by atoms with Gasteiger partial charge in [-0.2, -0.15) is 12.6 Å². The van der Waals surface area contributed by atoms with Gasteiger partial charge in [0.1, 0.15) is 0 Å². The molecule has 0 rings (SSSR count). The maximum Gasteiger partial charge on any atom is 0.679 e. The molecule has 0 radical (unpaired) electrons. The van der Waals surface area contributed by atoms with Gasteiger partial charge in [-0.3, -0.25) is 0 Å². The molecular formula is C21H48N2O5SSi. The van der Waals surface area contributed by atoms with Crippen molar-refractivity contribution in [2.45, 2.75) is 57.6 Å². The molecule has 0 aromatic heterocycles. The minimum absolute atomic E-state index is 0.411. The van der Waals surface area contributed by atoms with E-state index in [9.17, 15) is 0 Å². The van der Waals surface area contributed by atoms with Crippen molar-refractivity contribution in [1.82, 2.24) is 9.80 Å². The molecule has 0 heterocycles. The fourth-order valence-corrected chi connectivity index (χ4v) is 4.51. The van der Waals surface area contributed by atoms with Crippen LogP contribution in [0, 0.1) is 0 Å². The van der Waals surface area contributed by atoms with E-state index in [0.29, 0.717) is 38.3 Å². The average Bonchev–Trinajstić information content (AvgIpc) is 2.69. The first-order valence-corrected chi connectivity index (χ1v) is 13.6. The molecule has 0 fully saturated rings. The van der Waals surface area contributed by atoms with Crippen LogP contribution in [0.25, 0.3) is 0 Å². The van der Waals surface area contributed by atoms with E-state index in [1.54, 1.807) is 0 Å². The second-order valence-corrected chi connectivity index (χ2v) is 10.9. The Balaban J connectivity index is 4.78. The van der Waals surface area contributed by atoms with Crippen LogP contribution in [-0.2, 0) is 22.4 Å². The Hall–Kier alpha value is 0.287. The predicted molar refractivity (Wildman–Crippen MR) is 129 cm³/mol. The van der Waals surface area contributed by atoms with Crippen molar-refractivity contribution in [3.05, 3.63) is 0 Å². The van der Waals surface area contributed by atoms with Gasteiger partial charge in [0.2, 0.25) is 0 Å². The topological polar surface area (TPSA) is 52.6 Å². The molecule has 1 atom stereocenters. The minimum Gasteiger partial charge on any atom is -0.379 e. The van der Waals surface area contributed by atoms with Crippen LogP contribution in [0.4, 0.5) is 0 Å². The highest BCUT2D eigenvalue weighted by atomic mass is 32.1. The number of unbranched alkanes of at least 4 members (excludes halogenated alkanes) is 2. The fraction of sp³-hybridized carbons (Fsp3) is 1.00. The number of ether oxygens (including phenoxy) is 1. The fourth-order valence-electron chi connectivity index (χ4n) is 2.41. The van der Waals surface area contributed by atoms with E-state index in [1.807, 2.05) is 28.2 Å². The van der Waals surface area contributed by atoms with Crippen LogP contribution in [0.5, 0.6) is 0 Å². The summed E-state index contributed by atoms with van der Waals surface area (Å²) >= 11 is 4.57. The van der Waals surface area contributed by atoms with Gasteiger partial charge in [-0.25, -0.2) is 0 Å². The van der Waals surface area contributed by atoms with Crippen LogP contribution < -0.4 is 0 Å². The summed E-state index contributed by atoms with van der Waals surface area (Å²) in [4.78, 5) is 4.15. The Labute approximate surface area is 192 Å². The molecule has 0 bridgehead atoms. The Bertz CT molecular complexity index is 367. The van der Waals surface area contributed by atoms with Crippen molar-refractivity contribution in [2.75, 3.05) is 80.9 Å². The van der Waals surface area contributed by atoms with Gasteiger partial charge in [-0.1, -0.05) is 26.7 Å². The van der Waals surface area contributed by atoms with Gasteiger partial charge in [0.25, 0.3) is 0 Å². The number of rotatable bonds is 22. The zero-order valence-electron chi connectivity index (χ0n) is 20.4. The smallest absolute Gasteiger partial charge is 0.379 e. The molecule has 0 aliphatic heterocycles. The lowest BCUT2D eigenvalue weighted by molar-refractivity contribution is -0.0491. The van der Waals surface area contributed by atoms with E-state index in [2.05, 4.69) is 36.3 Å². The van der Waals surface area contributed by atoms with E-state index >= 15 is 0 Å². The van der Waals surface area contributed by atoms with Crippen molar-refractivity contribution in [1.29, 1.82) is 0 Å². The maximum atomic E-state index is 6.19. The Morgan fingerprint density at radius 2 is 1.27 bits per heavy atom. The largest absolute Gasteiger partial charge is 0.679 e. The third-order valence-electron chi connectivity index (χ3n) is 4.47. The molecule has 1 unspecified atom stereocenters. The van der Waals surface area contributed by atoms with Crippen LogP contribution in [0.2, 0.25) is 0 Å². The number of hydrogen-bond donors (Lipinski definition) is 1. The van der Waals surface area contributed by atoms with Crippen LogP contribution >= 0.6 is 12.6 Å². The second kappa shape index (κ2) is 19.9. The number of thiol groups is 1. The molecule has 0 aliphatic carbocycles. The predicted octanol–water partition coefficient (Wildman–Crippen LogP) is 3.31. The molecule has 182 valence electrons. The molecule has 0 aromatic rings. The third-order valence-corrected chi connectivity index (χ3v) is 7.32. The highest BCUT2D eigenvalue weighted by Gasteiger charge is 2.45. The SMILES string of the molecule is CCCCOCCO[Si](OCCCCC(S)CC)(OCCN(C)C)OCCN(C)C. The highest BCUT2D eigenvalue weighted by Crippen LogP contribution is 2.15. The zero-order chi connectivity index (χ0) is 22.7. The quantitative estimate of drug-likeness (QED) is 0.149. The van der Waals surface area contributed by atoms with Crippen LogP contribution in [0.15, 0.2) is 0 Å². The average molecular weight is 469 g/mol. The summed E-state index contributed by atoms with van der Waals surface area (Å²) < 4.78 is 30.2. The van der Waals surface area contributed by atoms with Gasteiger partial charge in [0.15, 0.2) is 0 Å². The number of nitrogens with zero attached hydrogens (tertiary/aromatic N) is 2. The standard InChI is InChI=1S/C21H48N2O5SSi/c1-7-9-15-24-19-20-28-30(26-17-13-22(3)4,27-18-14-23(5)6)25-16-11-10-12-21(29)8-2/h21,29H,7-20H2,1-6H3. The van der Waals surface area contributed by atoms with Gasteiger partial charge < -0.3 is 32.2 Å². The summed E-state index contributed by atoms with van der Waals surface area (Å²) in [6, 6.07) is 0. The molecule has 0 N–H and O–H groups in total. The first-order valence-electron chi connectivity index (χ1n) is 11.5. The van der Waals surface area contributed by atoms with E-state index in [0.717, 1.165) is 58.2 Å². The van der Waals surface area contributed by atoms with Gasteiger partial charge in [-0.05, 0) is 53.9 Å². The summed E-state index contributed by atoms with van der Waals surface area (Å²) in [5.74, 6) is 0. The normalized spacial score (nSPS) is 13.5. The molecule has 0 saturated heterocycles. The highest BCUT2D eigenvalue weighted by molar-refractivity contribution is 7.80. The van der Waals surface area contributed by atoms with Gasteiger partial charge in [0.05, 0.1) is 26.4 Å². The summed E-state index contributed by atoms with van der Waals surface area (Å²) in [5, 5.41) is 0.455. The molecule has 30 heavy (non-hydrogen) atoms. The molecule has 7 nitrogen and oxygen atoms in total. The lowest BCUT2D eigenvalue weighted by Crippen LogP contribution is -2.52. The van der Waals surface area contributed by atoms with E-state index in [1.165, 1.54) is 0 Å². The lowest BCUT2D eigenvalue weighted by atomic mass is 10.1. The van der Waals surface area contributed by atoms with Crippen molar-refractivity contribution >= 4 is 21.7 Å². The molecule has 0 amide bonds. The van der Waals surface area contributed by atoms with Crippen LogP contribution in [0.3, 0.4) is 0 Å². The third kappa shape index (κ3) is 17.9. The second-order valence-electron chi connectivity index (χ2n) is 8.02. The van der Waals surface area contributed by atoms with Gasteiger partial charge in [0, 0.05) is 31.6 Å². The van der Waals surface area contributed by atoms with Crippen molar-refractivity contribution < 1.29 is 22.4 Å². The number of hydrogen-bond acceptors (Lipinski definition) is 8. The molecule has 0 spiro atoms. The van der Waals surface area contributed by atoms with Crippen molar-refractivity contribution in [3.8, 4) is 0 Å². The Morgan fingerprint density at radius 3 is 1.80 bits per heavy atom. The Morgan fingerprint density at radius 1 is 0.700 bits per heavy atom. The first-order chi connectivity index (χ1) is 14.3. The Kier molecular flexibility index (Phi) is 20.1. The van der Waals surface area contributed by atoms with E-state index < -0.39 is 9.05 Å². The van der Waals surface area contributed by atoms with Crippen LogP contribution in [-0.4, -0.2) is 105 Å². The molecule has 0 saturated carbocycles. The molecule has 9 heteroatoms. The first kappa shape index (κ1) is 30.3. The summed E-state index contributed by atoms with van der Waals surface area (Å²) in [6.45, 7) is 9.14. The maximum absolute atomic E-state index is 6.19. The van der Waals surface area contributed by atoms with Crippen LogP contribution in [0.1, 0.15) is 52.4 Å². The van der Waals surface area contributed by atoms with E-state index in [-0.39, 0.29) is 0 Å². The van der Waals surface area contributed by atoms with Gasteiger partial charge >= 0.3 is 9.05 Å². The summed E-state index contributed by atoms with van der Waals surface area (Å²) in [7, 11) is 4.84.